The molecule has 1 unspecified atom stereocenters. The Balaban J connectivity index is 1.66. The maximum atomic E-state index is 6.07. The van der Waals surface area contributed by atoms with Gasteiger partial charge in [-0.05, 0) is 31.1 Å². The standard InChI is InChI=1S/C23H34N4O2/c1-16(2)13-28-21-12-25-10-19(27-21)23(6)8-7-22(5,14-23)15-29-20-11-24-9-18(26-20)17(3)4/h9-12,16-17H,7-8,13-15H2,1-6H3/t22-,23?/m1/s1. The zero-order chi connectivity index (χ0) is 21.1. The molecule has 6 nitrogen and oxygen atoms in total. The van der Waals surface area contributed by atoms with Gasteiger partial charge in [0.1, 0.15) is 0 Å². The summed E-state index contributed by atoms with van der Waals surface area (Å²) < 4.78 is 11.9. The second kappa shape index (κ2) is 8.64. The molecule has 6 heteroatoms. The Morgan fingerprint density at radius 1 is 0.897 bits per heavy atom. The summed E-state index contributed by atoms with van der Waals surface area (Å²) in [4.78, 5) is 18.0. The lowest BCUT2D eigenvalue weighted by Gasteiger charge is -2.28. The second-order valence-electron chi connectivity index (χ2n) is 9.72. The second-order valence-corrected chi connectivity index (χ2v) is 9.72. The summed E-state index contributed by atoms with van der Waals surface area (Å²) in [6.45, 7) is 14.3. The topological polar surface area (TPSA) is 70.0 Å². The molecule has 0 spiro atoms. The van der Waals surface area contributed by atoms with Gasteiger partial charge in [-0.15, -0.1) is 0 Å². The lowest BCUT2D eigenvalue weighted by atomic mass is 9.80. The molecule has 0 N–H and O–H groups in total. The van der Waals surface area contributed by atoms with Crippen LogP contribution in [-0.2, 0) is 5.41 Å². The molecular weight excluding hydrogens is 364 g/mol. The third-order valence-corrected chi connectivity index (χ3v) is 5.68. The predicted molar refractivity (Wildman–Crippen MR) is 113 cm³/mol. The molecule has 0 aliphatic heterocycles. The molecule has 0 saturated heterocycles. The Morgan fingerprint density at radius 2 is 1.59 bits per heavy atom. The summed E-state index contributed by atoms with van der Waals surface area (Å²) in [7, 11) is 0. The van der Waals surface area contributed by atoms with E-state index in [9.17, 15) is 0 Å². The quantitative estimate of drug-likeness (QED) is 0.626. The number of hydrogen-bond donors (Lipinski definition) is 0. The van der Waals surface area contributed by atoms with Crippen LogP contribution >= 0.6 is 0 Å². The monoisotopic (exact) mass is 398 g/mol. The van der Waals surface area contributed by atoms with E-state index >= 15 is 0 Å². The van der Waals surface area contributed by atoms with Crippen LogP contribution in [0.5, 0.6) is 11.8 Å². The molecule has 1 fully saturated rings. The van der Waals surface area contributed by atoms with Crippen molar-refractivity contribution in [2.45, 2.75) is 72.1 Å². The first-order chi connectivity index (χ1) is 13.7. The van der Waals surface area contributed by atoms with Crippen molar-refractivity contribution in [1.29, 1.82) is 0 Å². The minimum Gasteiger partial charge on any atom is -0.476 e. The fourth-order valence-electron chi connectivity index (χ4n) is 3.96. The van der Waals surface area contributed by atoms with Crippen molar-refractivity contribution in [2.24, 2.45) is 11.3 Å². The minimum absolute atomic E-state index is 0.0340. The summed E-state index contributed by atoms with van der Waals surface area (Å²) >= 11 is 0. The van der Waals surface area contributed by atoms with E-state index in [1.54, 1.807) is 18.6 Å². The highest BCUT2D eigenvalue weighted by molar-refractivity contribution is 5.20. The highest BCUT2D eigenvalue weighted by atomic mass is 16.5. The number of ether oxygens (including phenoxy) is 2. The molecule has 3 rings (SSSR count). The maximum Gasteiger partial charge on any atom is 0.232 e. The largest absolute Gasteiger partial charge is 0.476 e. The van der Waals surface area contributed by atoms with E-state index in [2.05, 4.69) is 56.5 Å². The van der Waals surface area contributed by atoms with E-state index < -0.39 is 0 Å². The highest BCUT2D eigenvalue weighted by Crippen LogP contribution is 2.50. The maximum absolute atomic E-state index is 6.07. The Labute approximate surface area is 174 Å². The Morgan fingerprint density at radius 3 is 2.28 bits per heavy atom. The van der Waals surface area contributed by atoms with Crippen molar-refractivity contribution >= 4 is 0 Å². The van der Waals surface area contributed by atoms with Gasteiger partial charge in [-0.25, -0.2) is 9.97 Å². The Hall–Kier alpha value is -2.24. The van der Waals surface area contributed by atoms with E-state index in [0.29, 0.717) is 36.8 Å². The van der Waals surface area contributed by atoms with Gasteiger partial charge in [0.25, 0.3) is 0 Å². The molecular formula is C23H34N4O2. The summed E-state index contributed by atoms with van der Waals surface area (Å²) in [5, 5.41) is 0. The lowest BCUT2D eigenvalue weighted by Crippen LogP contribution is -2.27. The minimum atomic E-state index is -0.0340. The van der Waals surface area contributed by atoms with Crippen molar-refractivity contribution in [3.8, 4) is 11.8 Å². The van der Waals surface area contributed by atoms with Crippen LogP contribution in [-0.4, -0.2) is 33.1 Å². The summed E-state index contributed by atoms with van der Waals surface area (Å²) in [6, 6.07) is 0. The van der Waals surface area contributed by atoms with Crippen LogP contribution in [0.2, 0.25) is 0 Å². The summed E-state index contributed by atoms with van der Waals surface area (Å²) in [5.41, 5.74) is 1.98. The molecule has 2 aromatic rings. The van der Waals surface area contributed by atoms with Crippen LogP contribution in [0, 0.1) is 11.3 Å². The lowest BCUT2D eigenvalue weighted by molar-refractivity contribution is 0.154. The first-order valence-electron chi connectivity index (χ1n) is 10.6. The zero-order valence-corrected chi connectivity index (χ0v) is 18.6. The van der Waals surface area contributed by atoms with E-state index in [1.165, 1.54) is 0 Å². The average molecular weight is 399 g/mol. The van der Waals surface area contributed by atoms with E-state index in [-0.39, 0.29) is 10.8 Å². The van der Waals surface area contributed by atoms with Crippen LogP contribution in [0.15, 0.2) is 24.8 Å². The first kappa shape index (κ1) is 21.5. The number of hydrogen-bond acceptors (Lipinski definition) is 6. The summed E-state index contributed by atoms with van der Waals surface area (Å²) in [6.07, 6.45) is 10.2. The van der Waals surface area contributed by atoms with Crippen molar-refractivity contribution in [2.75, 3.05) is 13.2 Å². The summed E-state index contributed by atoms with van der Waals surface area (Å²) in [5.74, 6) is 2.01. The van der Waals surface area contributed by atoms with Gasteiger partial charge in [0.15, 0.2) is 0 Å². The van der Waals surface area contributed by atoms with Crippen LogP contribution in [0.4, 0.5) is 0 Å². The van der Waals surface area contributed by atoms with E-state index in [1.807, 2.05) is 6.20 Å². The van der Waals surface area contributed by atoms with E-state index in [4.69, 9.17) is 14.5 Å². The van der Waals surface area contributed by atoms with Crippen LogP contribution < -0.4 is 9.47 Å². The molecule has 0 aromatic carbocycles. The van der Waals surface area contributed by atoms with Gasteiger partial charge >= 0.3 is 0 Å². The Kier molecular flexibility index (Phi) is 6.39. The zero-order valence-electron chi connectivity index (χ0n) is 18.6. The van der Waals surface area contributed by atoms with Gasteiger partial charge in [0.05, 0.1) is 37.0 Å². The molecule has 29 heavy (non-hydrogen) atoms. The van der Waals surface area contributed by atoms with Crippen molar-refractivity contribution < 1.29 is 9.47 Å². The smallest absolute Gasteiger partial charge is 0.232 e. The van der Waals surface area contributed by atoms with Gasteiger partial charge in [0, 0.05) is 23.2 Å². The van der Waals surface area contributed by atoms with Gasteiger partial charge in [-0.2, -0.15) is 0 Å². The van der Waals surface area contributed by atoms with Gasteiger partial charge in [-0.3, -0.25) is 9.97 Å². The molecule has 1 aliphatic rings. The van der Waals surface area contributed by atoms with E-state index in [0.717, 1.165) is 30.7 Å². The molecule has 2 aromatic heterocycles. The Bertz CT molecular complexity index is 826. The third-order valence-electron chi connectivity index (χ3n) is 5.68. The number of rotatable bonds is 8. The first-order valence-corrected chi connectivity index (χ1v) is 10.6. The molecule has 0 radical (unpaired) electrons. The normalized spacial score (nSPS) is 24.3. The van der Waals surface area contributed by atoms with Crippen molar-refractivity contribution in [1.82, 2.24) is 19.9 Å². The number of aromatic nitrogens is 4. The van der Waals surface area contributed by atoms with Gasteiger partial charge in [-0.1, -0.05) is 41.5 Å². The fourth-order valence-corrected chi connectivity index (χ4v) is 3.96. The average Bonchev–Trinajstić information content (AvgIpc) is 3.02. The molecule has 1 aliphatic carbocycles. The third kappa shape index (κ3) is 5.43. The fraction of sp³-hybridized carbons (Fsp3) is 0.652. The van der Waals surface area contributed by atoms with Gasteiger partial charge in [0.2, 0.25) is 11.8 Å². The molecule has 158 valence electrons. The van der Waals surface area contributed by atoms with Crippen molar-refractivity contribution in [3.63, 3.8) is 0 Å². The van der Waals surface area contributed by atoms with Crippen molar-refractivity contribution in [3.05, 3.63) is 36.2 Å². The van der Waals surface area contributed by atoms with Crippen LogP contribution in [0.1, 0.15) is 78.1 Å². The van der Waals surface area contributed by atoms with Crippen LogP contribution in [0.25, 0.3) is 0 Å². The molecule has 0 amide bonds. The highest BCUT2D eigenvalue weighted by Gasteiger charge is 2.45. The molecule has 2 atom stereocenters. The SMILES string of the molecule is CC(C)COc1cncc(C2(C)CC[C@@](C)(COc3cncc(C(C)C)n3)C2)n1. The molecule has 1 saturated carbocycles. The molecule has 0 bridgehead atoms. The van der Waals surface area contributed by atoms with Gasteiger partial charge < -0.3 is 9.47 Å². The predicted octanol–water partition coefficient (Wildman–Crippen LogP) is 4.95. The molecule has 2 heterocycles. The van der Waals surface area contributed by atoms with Crippen LogP contribution in [0.3, 0.4) is 0 Å². The number of nitrogens with zero attached hydrogens (tertiary/aromatic N) is 4.